The highest BCUT2D eigenvalue weighted by atomic mass is 16.4. The number of aliphatic carboxylic acids is 2. The first-order chi connectivity index (χ1) is 15.7. The fourth-order valence-electron chi connectivity index (χ4n) is 4.01. The highest BCUT2D eigenvalue weighted by Crippen LogP contribution is 2.13. The van der Waals surface area contributed by atoms with E-state index in [9.17, 15) is 9.59 Å². The van der Waals surface area contributed by atoms with Crippen LogP contribution in [0, 0.1) is 0 Å². The van der Waals surface area contributed by atoms with Gasteiger partial charge in [-0.15, -0.1) is 0 Å². The van der Waals surface area contributed by atoms with Crippen LogP contribution >= 0.6 is 0 Å². The van der Waals surface area contributed by atoms with Crippen molar-refractivity contribution in [3.8, 4) is 0 Å². The molecule has 0 bridgehead atoms. The molecule has 33 heavy (non-hydrogen) atoms. The van der Waals surface area contributed by atoms with Crippen molar-refractivity contribution in [2.24, 2.45) is 0 Å². The molecule has 5 nitrogen and oxygen atoms in total. The highest BCUT2D eigenvalue weighted by molar-refractivity contribution is 5.67. The molecule has 0 amide bonds. The lowest BCUT2D eigenvalue weighted by molar-refractivity contribution is -0.890. The summed E-state index contributed by atoms with van der Waals surface area (Å²) >= 11 is 0. The summed E-state index contributed by atoms with van der Waals surface area (Å²) in [5.74, 6) is -1.74. The van der Waals surface area contributed by atoms with E-state index in [0.717, 1.165) is 0 Å². The second-order valence-electron chi connectivity index (χ2n) is 10.3. The molecule has 0 radical (unpaired) electrons. The molecule has 0 aliphatic rings. The lowest BCUT2D eigenvalue weighted by Crippen LogP contribution is -2.41. The van der Waals surface area contributed by atoms with Gasteiger partial charge in [0.15, 0.2) is 0 Å². The van der Waals surface area contributed by atoms with Crippen LogP contribution in [0.2, 0.25) is 0 Å². The standard InChI is InChI=1S/C22H48N.C6H10O4/c1-5-7-9-11-13-15-17-19-21-23(3,4)22-20-18-16-14-12-10-8-6-2;7-5(8)3-1-2-4-6(9)10/h5-22H2,1-4H3;1-4H2,(H,7,8)(H,9,10)/q+1;. The van der Waals surface area contributed by atoms with Gasteiger partial charge in [0.2, 0.25) is 0 Å². The molecule has 0 fully saturated rings. The Hall–Kier alpha value is -1.10. The van der Waals surface area contributed by atoms with Gasteiger partial charge in [-0.1, -0.05) is 90.9 Å². The number of unbranched alkanes of at least 4 members (excludes halogenated alkanes) is 15. The average molecular weight is 473 g/mol. The molecule has 5 heteroatoms. The molecule has 0 aliphatic carbocycles. The number of carboxylic acid groups (broad SMARTS) is 2. The zero-order valence-electron chi connectivity index (χ0n) is 22.7. The van der Waals surface area contributed by atoms with Crippen LogP contribution in [0.15, 0.2) is 0 Å². The third-order valence-corrected chi connectivity index (χ3v) is 6.27. The number of nitrogens with zero attached hydrogens (tertiary/aromatic N) is 1. The highest BCUT2D eigenvalue weighted by Gasteiger charge is 2.13. The topological polar surface area (TPSA) is 74.6 Å². The van der Waals surface area contributed by atoms with Crippen LogP contribution in [0.1, 0.15) is 142 Å². The lowest BCUT2D eigenvalue weighted by Gasteiger charge is -2.30. The van der Waals surface area contributed by atoms with Crippen LogP contribution in [-0.2, 0) is 9.59 Å². The second-order valence-corrected chi connectivity index (χ2v) is 10.3. The van der Waals surface area contributed by atoms with Crippen LogP contribution in [0.5, 0.6) is 0 Å². The van der Waals surface area contributed by atoms with Crippen LogP contribution in [0.4, 0.5) is 0 Å². The van der Waals surface area contributed by atoms with Crippen molar-refractivity contribution in [3.63, 3.8) is 0 Å². The predicted octanol–water partition coefficient (Wildman–Crippen LogP) is 8.06. The molecular weight excluding hydrogens is 414 g/mol. The predicted molar refractivity (Wildman–Crippen MR) is 141 cm³/mol. The summed E-state index contributed by atoms with van der Waals surface area (Å²) in [6.07, 6.45) is 24.1. The van der Waals surface area contributed by atoms with Gasteiger partial charge in [-0.25, -0.2) is 0 Å². The smallest absolute Gasteiger partial charge is 0.303 e. The molecule has 0 heterocycles. The third kappa shape index (κ3) is 33.2. The van der Waals surface area contributed by atoms with Crippen molar-refractivity contribution in [3.05, 3.63) is 0 Å². The molecule has 0 saturated heterocycles. The van der Waals surface area contributed by atoms with Gasteiger partial charge in [0.1, 0.15) is 0 Å². The van der Waals surface area contributed by atoms with Crippen LogP contribution < -0.4 is 0 Å². The maximum Gasteiger partial charge on any atom is 0.303 e. The molecule has 198 valence electrons. The summed E-state index contributed by atoms with van der Waals surface area (Å²) in [5.41, 5.74) is 0. The average Bonchev–Trinajstić information content (AvgIpc) is 2.75. The quantitative estimate of drug-likeness (QED) is 0.116. The van der Waals surface area contributed by atoms with E-state index in [0.29, 0.717) is 12.8 Å². The molecule has 2 N–H and O–H groups in total. The zero-order chi connectivity index (χ0) is 25.2. The van der Waals surface area contributed by atoms with Gasteiger partial charge in [-0.2, -0.15) is 0 Å². The number of hydrogen-bond acceptors (Lipinski definition) is 2. The molecule has 0 aromatic heterocycles. The summed E-state index contributed by atoms with van der Waals surface area (Å²) in [4.78, 5) is 19.8. The van der Waals surface area contributed by atoms with E-state index in [1.807, 2.05) is 0 Å². The van der Waals surface area contributed by atoms with Crippen molar-refractivity contribution in [2.45, 2.75) is 142 Å². The third-order valence-electron chi connectivity index (χ3n) is 6.27. The van der Waals surface area contributed by atoms with Crippen LogP contribution in [0.3, 0.4) is 0 Å². The van der Waals surface area contributed by atoms with Gasteiger partial charge in [0.25, 0.3) is 0 Å². The van der Waals surface area contributed by atoms with Crippen molar-refractivity contribution in [1.82, 2.24) is 0 Å². The summed E-state index contributed by atoms with van der Waals surface area (Å²) in [7, 11) is 4.87. The molecule has 0 atom stereocenters. The summed E-state index contributed by atoms with van der Waals surface area (Å²) in [6, 6.07) is 0. The Labute approximate surface area is 205 Å². The van der Waals surface area contributed by atoms with Gasteiger partial charge in [0, 0.05) is 12.8 Å². The van der Waals surface area contributed by atoms with Crippen molar-refractivity contribution in [2.75, 3.05) is 27.2 Å². The van der Waals surface area contributed by atoms with Gasteiger partial charge < -0.3 is 14.7 Å². The number of hydrogen-bond donors (Lipinski definition) is 2. The minimum Gasteiger partial charge on any atom is -0.481 e. The number of carbonyl (C=O) groups is 2. The molecule has 0 saturated carbocycles. The lowest BCUT2D eigenvalue weighted by atomic mass is 10.1. The Morgan fingerprint density at radius 2 is 0.758 bits per heavy atom. The Balaban J connectivity index is 0. The molecular formula is C28H58NO4+. The molecule has 0 aromatic rings. The fourth-order valence-corrected chi connectivity index (χ4v) is 4.01. The minimum absolute atomic E-state index is 0.0628. The van der Waals surface area contributed by atoms with E-state index in [-0.39, 0.29) is 12.8 Å². The zero-order valence-corrected chi connectivity index (χ0v) is 22.7. The second kappa shape index (κ2) is 25.5. The molecule has 0 aliphatic heterocycles. The van der Waals surface area contributed by atoms with Crippen LogP contribution in [0.25, 0.3) is 0 Å². The van der Waals surface area contributed by atoms with E-state index in [4.69, 9.17) is 10.2 Å². The minimum atomic E-state index is -0.870. The Morgan fingerprint density at radius 1 is 0.485 bits per heavy atom. The van der Waals surface area contributed by atoms with Crippen molar-refractivity contribution < 1.29 is 24.3 Å². The number of rotatable bonds is 23. The normalized spacial score (nSPS) is 11.2. The molecule has 0 spiro atoms. The Kier molecular flexibility index (Phi) is 26.3. The monoisotopic (exact) mass is 472 g/mol. The maximum absolute atomic E-state index is 9.90. The van der Waals surface area contributed by atoms with E-state index < -0.39 is 11.9 Å². The first-order valence-corrected chi connectivity index (χ1v) is 14.0. The molecule has 0 aromatic carbocycles. The summed E-state index contributed by atoms with van der Waals surface area (Å²) in [5, 5.41) is 16.3. The van der Waals surface area contributed by atoms with Gasteiger partial charge in [0.05, 0.1) is 27.2 Å². The van der Waals surface area contributed by atoms with Gasteiger partial charge in [-0.05, 0) is 38.5 Å². The Morgan fingerprint density at radius 3 is 1.03 bits per heavy atom. The van der Waals surface area contributed by atoms with Crippen LogP contribution in [-0.4, -0.2) is 53.8 Å². The first kappa shape index (κ1) is 34.1. The van der Waals surface area contributed by atoms with Gasteiger partial charge >= 0.3 is 11.9 Å². The molecule has 0 rings (SSSR count). The van der Waals surface area contributed by atoms with Crippen molar-refractivity contribution >= 4 is 11.9 Å². The van der Waals surface area contributed by atoms with E-state index >= 15 is 0 Å². The van der Waals surface area contributed by atoms with E-state index in [1.165, 1.54) is 120 Å². The Bertz CT molecular complexity index is 400. The number of carboxylic acids is 2. The first-order valence-electron chi connectivity index (χ1n) is 14.0. The fraction of sp³-hybridized carbons (Fsp3) is 0.929. The van der Waals surface area contributed by atoms with E-state index in [1.54, 1.807) is 0 Å². The van der Waals surface area contributed by atoms with Gasteiger partial charge in [-0.3, -0.25) is 9.59 Å². The largest absolute Gasteiger partial charge is 0.481 e. The van der Waals surface area contributed by atoms with E-state index in [2.05, 4.69) is 27.9 Å². The summed E-state index contributed by atoms with van der Waals surface area (Å²) in [6.45, 7) is 7.36. The summed E-state index contributed by atoms with van der Waals surface area (Å²) < 4.78 is 1.24. The van der Waals surface area contributed by atoms with Crippen molar-refractivity contribution in [1.29, 1.82) is 0 Å². The molecule has 0 unspecified atom stereocenters. The number of quaternary nitrogens is 1. The maximum atomic E-state index is 9.90. The SMILES string of the molecule is CCCCCCCCCC[N+](C)(C)CCCCCCCCCC.O=C(O)CCCCC(=O)O.